The van der Waals surface area contributed by atoms with Gasteiger partial charge in [-0.05, 0) is 12.8 Å². The van der Waals surface area contributed by atoms with Crippen LogP contribution in [0.15, 0.2) is 0 Å². The molecule has 0 saturated carbocycles. The molecule has 392 valence electrons. The number of unbranched alkanes of at least 4 members (excludes halogenated alkanes) is 28. The summed E-state index contributed by atoms with van der Waals surface area (Å²) < 4.78 is 18.4. The molecule has 0 fully saturated rings. The van der Waals surface area contributed by atoms with E-state index in [1.807, 2.05) is 0 Å². The molecule has 0 heterocycles. The van der Waals surface area contributed by atoms with E-state index in [1.165, 1.54) is 181 Å². The molecule has 0 aliphatic carbocycles. The number of methoxy groups -OCH3 is 2. The maximum atomic E-state index is 10.3. The molecule has 0 saturated heterocycles. The van der Waals surface area contributed by atoms with Gasteiger partial charge in [-0.1, -0.05) is 194 Å². The van der Waals surface area contributed by atoms with Crippen LogP contribution >= 0.6 is 0 Å². The van der Waals surface area contributed by atoms with Crippen LogP contribution in [0.5, 0.6) is 0 Å². The number of rotatable bonds is 42. The summed E-state index contributed by atoms with van der Waals surface area (Å²) in [6.07, 6.45) is 40.4. The Bertz CT molecular complexity index is 780. The largest absolute Gasteiger partial charge is 0.481 e. The van der Waals surface area contributed by atoms with Crippen LogP contribution in [0.25, 0.3) is 0 Å². The number of carboxylic acids is 4. The van der Waals surface area contributed by atoms with Gasteiger partial charge in [0.25, 0.3) is 0 Å². The fourth-order valence-electron chi connectivity index (χ4n) is 5.90. The summed E-state index contributed by atoms with van der Waals surface area (Å²) in [6.45, 7) is 5.59. The monoisotopic (exact) mass is 1260 g/mol. The molecule has 0 aromatic rings. The van der Waals surface area contributed by atoms with E-state index in [-0.39, 0.29) is 103 Å². The predicted octanol–water partition coefficient (Wildman–Crippen LogP) is 12.1. The van der Waals surface area contributed by atoms with Gasteiger partial charge in [0.1, 0.15) is 13.2 Å². The summed E-state index contributed by atoms with van der Waals surface area (Å²) in [5, 5.41) is 33.1. The van der Waals surface area contributed by atoms with Crippen LogP contribution < -0.4 is 0 Å². The van der Waals surface area contributed by atoms with Crippen molar-refractivity contribution in [3.63, 3.8) is 0 Å². The quantitative estimate of drug-likeness (QED) is 0.0335. The first kappa shape index (κ1) is 79.8. The molecule has 0 rings (SSSR count). The van der Waals surface area contributed by atoms with Gasteiger partial charge in [0.2, 0.25) is 0 Å². The normalized spacial score (nSPS) is 9.74. The van der Waals surface area contributed by atoms with Gasteiger partial charge in [0, 0.05) is 117 Å². The maximum absolute atomic E-state index is 10.3. The third-order valence-corrected chi connectivity index (χ3v) is 9.30. The molecule has 0 aromatic carbocycles. The Morgan fingerprint density at radius 1 is 0.306 bits per heavy atom. The van der Waals surface area contributed by atoms with Crippen molar-refractivity contribution < 1.29 is 148 Å². The summed E-state index contributed by atoms with van der Waals surface area (Å²) in [7, 11) is 3.06. The van der Waals surface area contributed by atoms with Crippen LogP contribution in [0.3, 0.4) is 0 Å². The molecule has 0 aromatic heterocycles. The van der Waals surface area contributed by atoms with E-state index < -0.39 is 23.9 Å². The zero-order chi connectivity index (χ0) is 44.0. The molecule has 62 heavy (non-hydrogen) atoms. The third kappa shape index (κ3) is 99.2. The topological polar surface area (TPSA) is 186 Å². The first-order valence-corrected chi connectivity index (χ1v) is 23.1. The molecule has 4 radical (unpaired) electrons. The first-order chi connectivity index (χ1) is 28.1. The minimum atomic E-state index is -0.953. The van der Waals surface area contributed by atoms with E-state index in [0.717, 1.165) is 25.7 Å². The Kier molecular flexibility index (Phi) is 97.7. The van der Waals surface area contributed by atoms with Crippen LogP contribution in [0, 0.1) is 0 Å². The Morgan fingerprint density at radius 3 is 0.661 bits per heavy atom. The number of carbonyl (C=O) groups is 4. The second-order valence-electron chi connectivity index (χ2n) is 15.1. The molecule has 4 N–H and O–H groups in total. The third-order valence-electron chi connectivity index (χ3n) is 9.30. The number of hydrogen-bond acceptors (Lipinski definition) is 8. The average molecular weight is 1270 g/mol. The van der Waals surface area contributed by atoms with Gasteiger partial charge in [0.05, 0.1) is 26.4 Å². The molecular formula is C46H92Ag4O12. The number of carboxylic acid groups (broad SMARTS) is 4. The van der Waals surface area contributed by atoms with Gasteiger partial charge in [-0.25, -0.2) is 9.59 Å². The van der Waals surface area contributed by atoms with Crippen molar-refractivity contribution in [3.05, 3.63) is 0 Å². The predicted molar refractivity (Wildman–Crippen MR) is 235 cm³/mol. The Balaban J connectivity index is -0.000000109. The minimum absolute atomic E-state index is 0. The van der Waals surface area contributed by atoms with Crippen LogP contribution in [-0.4, -0.2) is 98.2 Å². The first-order valence-electron chi connectivity index (χ1n) is 23.1. The Labute approximate surface area is 441 Å². The standard InChI is InChI=1S/2C18H36O2.2C5H10O4.4Ag/c2*1-2-3-4-5-6-7-8-9-10-11-12-13-14-15-16-17-18(19)20;2*1-8-2-3-9-4-5(6)7;;;;/h2*2-17H2,1H3,(H,19,20);2*2-4H2,1H3,(H,6,7);;;;. The fraction of sp³-hybridized carbons (Fsp3) is 0.913. The van der Waals surface area contributed by atoms with Crippen LogP contribution in [0.1, 0.15) is 219 Å². The molecule has 0 bridgehead atoms. The summed E-state index contributed by atoms with van der Waals surface area (Å²) in [5.74, 6) is -3.21. The van der Waals surface area contributed by atoms with E-state index in [4.69, 9.17) is 20.4 Å². The summed E-state index contributed by atoms with van der Waals surface area (Å²) >= 11 is 0. The SMILES string of the molecule is CCCCCCCCCCCCCCCCCC(=O)O.CCCCCCCCCCCCCCCCCC(=O)O.COCCOCC(=O)O.COCCOCC(=O)O.[Ag].[Ag].[Ag].[Ag]. The molecule has 0 spiro atoms. The summed E-state index contributed by atoms with van der Waals surface area (Å²) in [5.41, 5.74) is 0. The second kappa shape index (κ2) is 76.0. The second-order valence-corrected chi connectivity index (χ2v) is 15.1. The van der Waals surface area contributed by atoms with Crippen molar-refractivity contribution in [3.8, 4) is 0 Å². The van der Waals surface area contributed by atoms with E-state index in [9.17, 15) is 19.2 Å². The van der Waals surface area contributed by atoms with Gasteiger partial charge >= 0.3 is 23.9 Å². The Hall–Kier alpha value is 0.681. The average Bonchev–Trinajstić information content (AvgIpc) is 3.18. The zero-order valence-corrected chi connectivity index (χ0v) is 45.1. The van der Waals surface area contributed by atoms with Crippen molar-refractivity contribution in [1.29, 1.82) is 0 Å². The van der Waals surface area contributed by atoms with Gasteiger partial charge in [-0.2, -0.15) is 0 Å². The van der Waals surface area contributed by atoms with Gasteiger partial charge < -0.3 is 39.4 Å². The maximum Gasteiger partial charge on any atom is 0.329 e. The van der Waals surface area contributed by atoms with Gasteiger partial charge in [0.15, 0.2) is 0 Å². The molecule has 0 atom stereocenters. The molecule has 0 aliphatic rings. The van der Waals surface area contributed by atoms with E-state index in [2.05, 4.69) is 32.8 Å². The minimum Gasteiger partial charge on any atom is -0.481 e. The summed E-state index contributed by atoms with van der Waals surface area (Å²) in [4.78, 5) is 40.3. The van der Waals surface area contributed by atoms with Crippen molar-refractivity contribution in [2.45, 2.75) is 219 Å². The van der Waals surface area contributed by atoms with Crippen LogP contribution in [0.2, 0.25) is 0 Å². The molecule has 12 nitrogen and oxygen atoms in total. The Morgan fingerprint density at radius 2 is 0.500 bits per heavy atom. The fourth-order valence-corrected chi connectivity index (χ4v) is 5.90. The van der Waals surface area contributed by atoms with E-state index in [0.29, 0.717) is 39.3 Å². The smallest absolute Gasteiger partial charge is 0.329 e. The van der Waals surface area contributed by atoms with E-state index >= 15 is 0 Å². The number of ether oxygens (including phenoxy) is 4. The summed E-state index contributed by atoms with van der Waals surface area (Å²) in [6, 6.07) is 0. The van der Waals surface area contributed by atoms with Crippen LogP contribution in [0.4, 0.5) is 0 Å². The molecular weight excluding hydrogens is 1180 g/mol. The molecule has 0 amide bonds. The van der Waals surface area contributed by atoms with Crippen molar-refractivity contribution in [2.24, 2.45) is 0 Å². The number of hydrogen-bond donors (Lipinski definition) is 4. The van der Waals surface area contributed by atoms with Crippen LogP contribution in [-0.2, 0) is 128 Å². The zero-order valence-electron chi connectivity index (χ0n) is 39.1. The van der Waals surface area contributed by atoms with E-state index in [1.54, 1.807) is 0 Å². The van der Waals surface area contributed by atoms with Crippen molar-refractivity contribution in [2.75, 3.05) is 53.9 Å². The molecule has 0 aliphatic heterocycles. The van der Waals surface area contributed by atoms with Crippen molar-refractivity contribution in [1.82, 2.24) is 0 Å². The van der Waals surface area contributed by atoms with Gasteiger partial charge in [-0.3, -0.25) is 9.59 Å². The molecule has 0 unspecified atom stereocenters. The number of aliphatic carboxylic acids is 4. The van der Waals surface area contributed by atoms with Crippen molar-refractivity contribution >= 4 is 23.9 Å². The van der Waals surface area contributed by atoms with Gasteiger partial charge in [-0.15, -0.1) is 0 Å². The molecule has 16 heteroatoms.